The Hall–Kier alpha value is -1.84. The maximum atomic E-state index is 12.1. The Labute approximate surface area is 146 Å². The first-order valence-corrected chi connectivity index (χ1v) is 8.60. The largest absolute Gasteiger partial charge is 0.467 e. The molecule has 4 nitrogen and oxygen atoms in total. The van der Waals surface area contributed by atoms with Crippen LogP contribution in [0.5, 0.6) is 0 Å². The van der Waals surface area contributed by atoms with Gasteiger partial charge in [0, 0.05) is 6.42 Å². The predicted octanol–water partition coefficient (Wildman–Crippen LogP) is 3.62. The first kappa shape index (κ1) is 20.2. The van der Waals surface area contributed by atoms with Gasteiger partial charge >= 0.3 is 5.97 Å². The van der Waals surface area contributed by atoms with Crippen molar-refractivity contribution in [3.63, 3.8) is 0 Å². The van der Waals surface area contributed by atoms with Gasteiger partial charge in [0.05, 0.1) is 7.11 Å². The second-order valence-electron chi connectivity index (χ2n) is 7.72. The van der Waals surface area contributed by atoms with Crippen molar-refractivity contribution in [2.24, 2.45) is 5.92 Å². The summed E-state index contributed by atoms with van der Waals surface area (Å²) in [5, 5.41) is 2.79. The minimum absolute atomic E-state index is 0.119. The molecule has 1 unspecified atom stereocenters. The number of amides is 1. The summed E-state index contributed by atoms with van der Waals surface area (Å²) < 4.78 is 4.77. The minimum Gasteiger partial charge on any atom is -0.467 e. The van der Waals surface area contributed by atoms with Crippen LogP contribution in [0.25, 0.3) is 0 Å². The summed E-state index contributed by atoms with van der Waals surface area (Å²) in [5.41, 5.74) is 2.52. The Morgan fingerprint density at radius 1 is 1.12 bits per heavy atom. The van der Waals surface area contributed by atoms with E-state index in [0.717, 1.165) is 5.56 Å². The van der Waals surface area contributed by atoms with Crippen LogP contribution in [0.2, 0.25) is 0 Å². The number of nitrogens with one attached hydrogen (secondary N) is 1. The second kappa shape index (κ2) is 8.86. The Bertz CT molecular complexity index is 541. The third-order valence-electron chi connectivity index (χ3n) is 3.99. The highest BCUT2D eigenvalue weighted by molar-refractivity contribution is 5.84. The van der Waals surface area contributed by atoms with E-state index in [0.29, 0.717) is 25.2 Å². The quantitative estimate of drug-likeness (QED) is 0.775. The van der Waals surface area contributed by atoms with E-state index in [1.54, 1.807) is 0 Å². The number of hydrogen-bond acceptors (Lipinski definition) is 3. The molecule has 1 aromatic rings. The van der Waals surface area contributed by atoms with E-state index >= 15 is 0 Å². The van der Waals surface area contributed by atoms with E-state index in [1.807, 2.05) is 13.8 Å². The molecule has 0 spiro atoms. The highest BCUT2D eigenvalue weighted by atomic mass is 16.5. The number of ether oxygens (including phenoxy) is 1. The molecule has 1 aromatic carbocycles. The van der Waals surface area contributed by atoms with E-state index in [9.17, 15) is 9.59 Å². The van der Waals surface area contributed by atoms with Gasteiger partial charge in [-0.1, -0.05) is 58.9 Å². The van der Waals surface area contributed by atoms with Gasteiger partial charge in [0.2, 0.25) is 5.91 Å². The van der Waals surface area contributed by atoms with Crippen molar-refractivity contribution in [1.29, 1.82) is 0 Å². The van der Waals surface area contributed by atoms with Gasteiger partial charge in [0.15, 0.2) is 0 Å². The fraction of sp³-hybridized carbons (Fsp3) is 0.600. The van der Waals surface area contributed by atoms with Crippen molar-refractivity contribution in [3.8, 4) is 0 Å². The van der Waals surface area contributed by atoms with Crippen LogP contribution in [0.1, 0.15) is 58.6 Å². The molecule has 24 heavy (non-hydrogen) atoms. The van der Waals surface area contributed by atoms with Crippen LogP contribution >= 0.6 is 0 Å². The maximum Gasteiger partial charge on any atom is 0.328 e. The molecule has 0 aromatic heterocycles. The molecule has 0 aliphatic heterocycles. The molecule has 0 saturated carbocycles. The topological polar surface area (TPSA) is 55.4 Å². The SMILES string of the molecule is COC(=O)C(CC(C)C)NC(=O)CCc1ccc(C(C)(C)C)cc1. The Kier molecular flexibility index (Phi) is 7.46. The van der Waals surface area contributed by atoms with Crippen LogP contribution in [0.3, 0.4) is 0 Å². The van der Waals surface area contributed by atoms with Gasteiger partial charge in [-0.3, -0.25) is 4.79 Å². The first-order chi connectivity index (χ1) is 11.1. The summed E-state index contributed by atoms with van der Waals surface area (Å²) >= 11 is 0. The highest BCUT2D eigenvalue weighted by Gasteiger charge is 2.22. The lowest BCUT2D eigenvalue weighted by Crippen LogP contribution is -2.42. The fourth-order valence-corrected chi connectivity index (χ4v) is 2.52. The summed E-state index contributed by atoms with van der Waals surface area (Å²) in [4.78, 5) is 23.9. The molecule has 0 bridgehead atoms. The van der Waals surface area contributed by atoms with Crippen LogP contribution in [-0.4, -0.2) is 25.0 Å². The summed E-state index contributed by atoms with van der Waals surface area (Å²) in [6.07, 6.45) is 1.60. The summed E-state index contributed by atoms with van der Waals surface area (Å²) in [6, 6.07) is 7.80. The Morgan fingerprint density at radius 2 is 1.71 bits per heavy atom. The Morgan fingerprint density at radius 3 is 2.17 bits per heavy atom. The lowest BCUT2D eigenvalue weighted by atomic mass is 9.86. The van der Waals surface area contributed by atoms with E-state index in [-0.39, 0.29) is 17.3 Å². The standard InChI is InChI=1S/C20H31NO3/c1-14(2)13-17(19(23)24-6)21-18(22)12-9-15-7-10-16(11-8-15)20(3,4)5/h7-8,10-11,14,17H,9,12-13H2,1-6H3,(H,21,22). The molecule has 1 N–H and O–H groups in total. The van der Waals surface area contributed by atoms with Gasteiger partial charge in [-0.15, -0.1) is 0 Å². The van der Waals surface area contributed by atoms with Crippen LogP contribution < -0.4 is 5.32 Å². The van der Waals surface area contributed by atoms with Crippen molar-refractivity contribution in [1.82, 2.24) is 5.32 Å². The van der Waals surface area contributed by atoms with Gasteiger partial charge in [-0.2, -0.15) is 0 Å². The predicted molar refractivity (Wildman–Crippen MR) is 96.9 cm³/mol. The van der Waals surface area contributed by atoms with E-state index in [1.165, 1.54) is 12.7 Å². The normalized spacial score (nSPS) is 12.8. The fourth-order valence-electron chi connectivity index (χ4n) is 2.52. The zero-order valence-corrected chi connectivity index (χ0v) is 15.8. The highest BCUT2D eigenvalue weighted by Crippen LogP contribution is 2.22. The third kappa shape index (κ3) is 6.73. The number of benzene rings is 1. The molecule has 1 amide bonds. The van der Waals surface area contributed by atoms with Gasteiger partial charge in [0.25, 0.3) is 0 Å². The average molecular weight is 333 g/mol. The van der Waals surface area contributed by atoms with Gasteiger partial charge < -0.3 is 10.1 Å². The molecule has 0 radical (unpaired) electrons. The lowest BCUT2D eigenvalue weighted by molar-refractivity contribution is -0.145. The number of methoxy groups -OCH3 is 1. The summed E-state index contributed by atoms with van der Waals surface area (Å²) in [7, 11) is 1.35. The van der Waals surface area contributed by atoms with Crippen molar-refractivity contribution >= 4 is 11.9 Å². The minimum atomic E-state index is -0.564. The first-order valence-electron chi connectivity index (χ1n) is 8.60. The number of aryl methyl sites for hydroxylation is 1. The van der Waals surface area contributed by atoms with Crippen LogP contribution in [0.4, 0.5) is 0 Å². The molecular formula is C20H31NO3. The molecule has 1 atom stereocenters. The molecule has 4 heteroatoms. The number of esters is 1. The molecule has 1 rings (SSSR count). The van der Waals surface area contributed by atoms with E-state index in [4.69, 9.17) is 4.74 Å². The molecular weight excluding hydrogens is 302 g/mol. The van der Waals surface area contributed by atoms with Crippen molar-refractivity contribution in [2.45, 2.75) is 65.3 Å². The number of rotatable bonds is 7. The second-order valence-corrected chi connectivity index (χ2v) is 7.72. The molecule has 0 aliphatic rings. The van der Waals surface area contributed by atoms with Crippen molar-refractivity contribution in [3.05, 3.63) is 35.4 Å². The molecule has 0 saturated heterocycles. The van der Waals surface area contributed by atoms with E-state index in [2.05, 4.69) is 50.4 Å². The molecule has 134 valence electrons. The zero-order chi connectivity index (χ0) is 18.3. The molecule has 0 fully saturated rings. The van der Waals surface area contributed by atoms with Crippen molar-refractivity contribution in [2.75, 3.05) is 7.11 Å². The zero-order valence-electron chi connectivity index (χ0n) is 15.8. The van der Waals surface area contributed by atoms with E-state index < -0.39 is 6.04 Å². The summed E-state index contributed by atoms with van der Waals surface area (Å²) in [6.45, 7) is 10.6. The van der Waals surface area contributed by atoms with Crippen LogP contribution in [0.15, 0.2) is 24.3 Å². The smallest absolute Gasteiger partial charge is 0.328 e. The molecule has 0 heterocycles. The molecule has 0 aliphatic carbocycles. The average Bonchev–Trinajstić information content (AvgIpc) is 2.50. The van der Waals surface area contributed by atoms with Gasteiger partial charge in [0.1, 0.15) is 6.04 Å². The number of hydrogen-bond donors (Lipinski definition) is 1. The monoisotopic (exact) mass is 333 g/mol. The lowest BCUT2D eigenvalue weighted by Gasteiger charge is -2.19. The number of carbonyl (C=O) groups is 2. The van der Waals surface area contributed by atoms with Gasteiger partial charge in [-0.05, 0) is 35.3 Å². The van der Waals surface area contributed by atoms with Crippen LogP contribution in [-0.2, 0) is 26.2 Å². The van der Waals surface area contributed by atoms with Crippen molar-refractivity contribution < 1.29 is 14.3 Å². The Balaban J connectivity index is 2.57. The van der Waals surface area contributed by atoms with Crippen LogP contribution in [0, 0.1) is 5.92 Å². The summed E-state index contributed by atoms with van der Waals surface area (Å²) in [5.74, 6) is -0.197. The number of carbonyl (C=O) groups excluding carboxylic acids is 2. The third-order valence-corrected chi connectivity index (χ3v) is 3.99. The van der Waals surface area contributed by atoms with Gasteiger partial charge in [-0.25, -0.2) is 4.79 Å². The maximum absolute atomic E-state index is 12.1.